The minimum atomic E-state index is -0.328. The van der Waals surface area contributed by atoms with E-state index >= 15 is 0 Å². The van der Waals surface area contributed by atoms with Crippen LogP contribution in [0.4, 0.5) is 0 Å². The molecule has 1 aliphatic heterocycles. The van der Waals surface area contributed by atoms with E-state index in [9.17, 15) is 9.59 Å². The van der Waals surface area contributed by atoms with Crippen LogP contribution < -0.4 is 0 Å². The highest BCUT2D eigenvalue weighted by Gasteiger charge is 2.29. The molecule has 1 saturated heterocycles. The lowest BCUT2D eigenvalue weighted by atomic mass is 10.0. The lowest BCUT2D eigenvalue weighted by Crippen LogP contribution is -2.39. The number of ether oxygens (including phenoxy) is 3. The van der Waals surface area contributed by atoms with Crippen molar-refractivity contribution in [1.29, 1.82) is 0 Å². The van der Waals surface area contributed by atoms with Gasteiger partial charge in [-0.05, 0) is 6.92 Å². The lowest BCUT2D eigenvalue weighted by molar-refractivity contribution is -0.167. The summed E-state index contributed by atoms with van der Waals surface area (Å²) in [7, 11) is 0. The van der Waals surface area contributed by atoms with Gasteiger partial charge in [-0.2, -0.15) is 0 Å². The summed E-state index contributed by atoms with van der Waals surface area (Å²) in [5.41, 5.74) is 0. The predicted octanol–water partition coefficient (Wildman–Crippen LogP) is 1.05. The molecular weight excluding hydrogens is 212 g/mol. The number of hydrogen-bond donors (Lipinski definition) is 0. The van der Waals surface area contributed by atoms with Gasteiger partial charge in [0, 0.05) is 26.7 Å². The molecule has 1 fully saturated rings. The number of hydrogen-bond acceptors (Lipinski definition) is 5. The maximum atomic E-state index is 10.8. The van der Waals surface area contributed by atoms with Crippen LogP contribution in [0, 0.1) is 0 Å². The third kappa shape index (κ3) is 4.61. The molecule has 0 aromatic heterocycles. The molecule has 3 unspecified atom stereocenters. The van der Waals surface area contributed by atoms with Gasteiger partial charge in [-0.25, -0.2) is 0 Å². The smallest absolute Gasteiger partial charge is 0.302 e. The minimum absolute atomic E-state index is 0.0126. The van der Waals surface area contributed by atoms with Gasteiger partial charge in [0.15, 0.2) is 0 Å². The van der Waals surface area contributed by atoms with Crippen molar-refractivity contribution in [2.24, 2.45) is 0 Å². The van der Waals surface area contributed by atoms with Gasteiger partial charge in [-0.3, -0.25) is 9.59 Å². The SMILES string of the molecule is CC(=O)OCC1CC(OC(C)=O)CC(C)O1. The monoisotopic (exact) mass is 230 g/mol. The van der Waals surface area contributed by atoms with E-state index in [1.165, 1.54) is 13.8 Å². The summed E-state index contributed by atoms with van der Waals surface area (Å²) in [5, 5.41) is 0. The van der Waals surface area contributed by atoms with Crippen LogP contribution in [-0.2, 0) is 23.8 Å². The van der Waals surface area contributed by atoms with Gasteiger partial charge < -0.3 is 14.2 Å². The highest BCUT2D eigenvalue weighted by Crippen LogP contribution is 2.22. The molecule has 1 heterocycles. The number of esters is 2. The molecule has 1 aliphatic rings. The molecular formula is C11H18O5. The van der Waals surface area contributed by atoms with Crippen LogP contribution >= 0.6 is 0 Å². The van der Waals surface area contributed by atoms with Crippen molar-refractivity contribution in [3.63, 3.8) is 0 Å². The molecule has 16 heavy (non-hydrogen) atoms. The van der Waals surface area contributed by atoms with Gasteiger partial charge in [-0.1, -0.05) is 0 Å². The van der Waals surface area contributed by atoms with Crippen molar-refractivity contribution in [3.05, 3.63) is 0 Å². The average Bonchev–Trinajstić information content (AvgIpc) is 2.12. The van der Waals surface area contributed by atoms with Crippen LogP contribution in [0.2, 0.25) is 0 Å². The van der Waals surface area contributed by atoms with Crippen LogP contribution in [0.3, 0.4) is 0 Å². The molecule has 5 heteroatoms. The first-order valence-corrected chi connectivity index (χ1v) is 5.43. The Hall–Kier alpha value is -1.10. The van der Waals surface area contributed by atoms with E-state index in [2.05, 4.69) is 0 Å². The summed E-state index contributed by atoms with van der Waals surface area (Å²) >= 11 is 0. The van der Waals surface area contributed by atoms with E-state index in [-0.39, 0.29) is 36.9 Å². The maximum absolute atomic E-state index is 10.8. The normalized spacial score (nSPS) is 29.6. The summed E-state index contributed by atoms with van der Waals surface area (Å²) < 4.78 is 15.6. The summed E-state index contributed by atoms with van der Waals surface area (Å²) in [5.74, 6) is -0.615. The van der Waals surface area contributed by atoms with E-state index in [0.29, 0.717) is 12.8 Å². The summed E-state index contributed by atoms with van der Waals surface area (Å²) in [4.78, 5) is 21.5. The third-order valence-electron chi connectivity index (χ3n) is 2.35. The second-order valence-corrected chi connectivity index (χ2v) is 4.07. The summed E-state index contributed by atoms with van der Waals surface area (Å²) in [6, 6.07) is 0. The Bertz CT molecular complexity index is 263. The van der Waals surface area contributed by atoms with Gasteiger partial charge in [0.25, 0.3) is 0 Å². The number of carbonyl (C=O) groups excluding carboxylic acids is 2. The molecule has 0 N–H and O–H groups in total. The average molecular weight is 230 g/mol. The molecule has 0 amide bonds. The zero-order valence-electron chi connectivity index (χ0n) is 9.89. The quantitative estimate of drug-likeness (QED) is 0.678. The first-order chi connectivity index (χ1) is 7.47. The van der Waals surface area contributed by atoms with Gasteiger partial charge in [0.1, 0.15) is 12.7 Å². The molecule has 1 rings (SSSR count). The Labute approximate surface area is 95.0 Å². The molecule has 0 bridgehead atoms. The second kappa shape index (κ2) is 5.84. The van der Waals surface area contributed by atoms with Crippen molar-refractivity contribution in [2.75, 3.05) is 6.61 Å². The first kappa shape index (κ1) is 13.0. The minimum Gasteiger partial charge on any atom is -0.463 e. The van der Waals surface area contributed by atoms with Crippen molar-refractivity contribution >= 4 is 11.9 Å². The van der Waals surface area contributed by atoms with Crippen LogP contribution in [0.1, 0.15) is 33.6 Å². The third-order valence-corrected chi connectivity index (χ3v) is 2.35. The van der Waals surface area contributed by atoms with Crippen molar-refractivity contribution in [2.45, 2.75) is 51.9 Å². The fraction of sp³-hybridized carbons (Fsp3) is 0.818. The van der Waals surface area contributed by atoms with Crippen LogP contribution in [0.15, 0.2) is 0 Å². The van der Waals surface area contributed by atoms with Gasteiger partial charge in [-0.15, -0.1) is 0 Å². The van der Waals surface area contributed by atoms with Crippen molar-refractivity contribution in [3.8, 4) is 0 Å². The summed E-state index contributed by atoms with van der Waals surface area (Å²) in [6.07, 6.45) is 0.963. The van der Waals surface area contributed by atoms with Gasteiger partial charge >= 0.3 is 11.9 Å². The van der Waals surface area contributed by atoms with Crippen LogP contribution in [0.5, 0.6) is 0 Å². The standard InChI is InChI=1S/C11H18O5/c1-7-4-10(16-9(3)13)5-11(15-7)6-14-8(2)12/h7,10-11H,4-6H2,1-3H3. The van der Waals surface area contributed by atoms with E-state index < -0.39 is 0 Å². The molecule has 92 valence electrons. The zero-order valence-corrected chi connectivity index (χ0v) is 9.89. The fourth-order valence-corrected chi connectivity index (χ4v) is 1.85. The van der Waals surface area contributed by atoms with E-state index in [1.54, 1.807) is 0 Å². The second-order valence-electron chi connectivity index (χ2n) is 4.07. The molecule has 5 nitrogen and oxygen atoms in total. The van der Waals surface area contributed by atoms with Gasteiger partial charge in [0.2, 0.25) is 0 Å². The molecule has 0 radical (unpaired) electrons. The maximum Gasteiger partial charge on any atom is 0.302 e. The Morgan fingerprint density at radius 3 is 2.50 bits per heavy atom. The largest absolute Gasteiger partial charge is 0.463 e. The lowest BCUT2D eigenvalue weighted by Gasteiger charge is -2.32. The van der Waals surface area contributed by atoms with Gasteiger partial charge in [0.05, 0.1) is 12.2 Å². The Morgan fingerprint density at radius 2 is 1.94 bits per heavy atom. The van der Waals surface area contributed by atoms with E-state index in [0.717, 1.165) is 0 Å². The Morgan fingerprint density at radius 1 is 1.25 bits per heavy atom. The van der Waals surface area contributed by atoms with Crippen LogP contribution in [-0.4, -0.2) is 36.9 Å². The summed E-state index contributed by atoms with van der Waals surface area (Å²) in [6.45, 7) is 4.88. The van der Waals surface area contributed by atoms with E-state index in [4.69, 9.17) is 14.2 Å². The zero-order chi connectivity index (χ0) is 12.1. The molecule has 0 aromatic carbocycles. The molecule has 3 atom stereocenters. The fourth-order valence-electron chi connectivity index (χ4n) is 1.85. The molecule has 0 spiro atoms. The highest BCUT2D eigenvalue weighted by molar-refractivity contribution is 5.66. The number of carbonyl (C=O) groups is 2. The van der Waals surface area contributed by atoms with Crippen LogP contribution in [0.25, 0.3) is 0 Å². The molecule has 0 saturated carbocycles. The predicted molar refractivity (Wildman–Crippen MR) is 55.8 cm³/mol. The van der Waals surface area contributed by atoms with E-state index in [1.807, 2.05) is 6.92 Å². The molecule has 0 aliphatic carbocycles. The Balaban J connectivity index is 2.40. The topological polar surface area (TPSA) is 61.8 Å². The van der Waals surface area contributed by atoms with Crippen molar-refractivity contribution in [1.82, 2.24) is 0 Å². The van der Waals surface area contributed by atoms with Crippen molar-refractivity contribution < 1.29 is 23.8 Å². The number of rotatable bonds is 3. The highest BCUT2D eigenvalue weighted by atomic mass is 16.6. The first-order valence-electron chi connectivity index (χ1n) is 5.43. The Kier molecular flexibility index (Phi) is 4.73. The molecule has 0 aromatic rings.